The van der Waals surface area contributed by atoms with Crippen molar-refractivity contribution in [2.24, 2.45) is 0 Å². The van der Waals surface area contributed by atoms with E-state index in [1.54, 1.807) is 0 Å². The first-order valence-electron chi connectivity index (χ1n) is 10.5. The van der Waals surface area contributed by atoms with Crippen LogP contribution in [0.25, 0.3) is 0 Å². The minimum atomic E-state index is 0.0397. The van der Waals surface area contributed by atoms with Crippen LogP contribution in [-0.4, -0.2) is 74.8 Å². The Kier molecular flexibility index (Phi) is 7.10. The van der Waals surface area contributed by atoms with E-state index in [2.05, 4.69) is 28.0 Å². The first-order valence-corrected chi connectivity index (χ1v) is 10.9. The average Bonchev–Trinajstić information content (AvgIpc) is 2.80. The predicted molar refractivity (Wildman–Crippen MR) is 118 cm³/mol. The molecule has 1 amide bonds. The fourth-order valence-electron chi connectivity index (χ4n) is 3.83. The number of benzene rings is 2. The summed E-state index contributed by atoms with van der Waals surface area (Å²) in [6.45, 7) is 7.37. The number of nitrogens with zero attached hydrogens (tertiary/aromatic N) is 3. The van der Waals surface area contributed by atoms with Gasteiger partial charge in [0, 0.05) is 62.6 Å². The van der Waals surface area contributed by atoms with Gasteiger partial charge in [-0.2, -0.15) is 0 Å². The summed E-state index contributed by atoms with van der Waals surface area (Å²) >= 11 is 5.95. The van der Waals surface area contributed by atoms with Gasteiger partial charge in [-0.25, -0.2) is 0 Å². The van der Waals surface area contributed by atoms with Crippen molar-refractivity contribution in [3.8, 4) is 5.75 Å². The van der Waals surface area contributed by atoms with Crippen LogP contribution in [0.15, 0.2) is 48.5 Å². The third-order valence-corrected chi connectivity index (χ3v) is 5.85. The van der Waals surface area contributed by atoms with Crippen LogP contribution in [-0.2, 0) is 16.1 Å². The Bertz CT molecular complexity index is 832. The van der Waals surface area contributed by atoms with Gasteiger partial charge in [0.25, 0.3) is 5.91 Å². The van der Waals surface area contributed by atoms with Crippen molar-refractivity contribution in [2.45, 2.75) is 6.54 Å². The predicted octanol–water partition coefficient (Wildman–Crippen LogP) is 2.90. The second-order valence-electron chi connectivity index (χ2n) is 7.67. The minimum absolute atomic E-state index is 0.0397. The number of carbonyl (C=O) groups excluding carboxylic acids is 1. The minimum Gasteiger partial charge on any atom is -0.484 e. The molecule has 6 nitrogen and oxygen atoms in total. The molecule has 0 aliphatic carbocycles. The molecular weight excluding hydrogens is 402 g/mol. The summed E-state index contributed by atoms with van der Waals surface area (Å²) in [6, 6.07) is 15.9. The normalized spacial score (nSPS) is 17.8. The first-order chi connectivity index (χ1) is 14.7. The van der Waals surface area contributed by atoms with E-state index in [1.165, 1.54) is 5.56 Å². The molecule has 2 aromatic carbocycles. The van der Waals surface area contributed by atoms with E-state index in [4.69, 9.17) is 21.1 Å². The van der Waals surface area contributed by atoms with Gasteiger partial charge in [-0.05, 0) is 29.8 Å². The summed E-state index contributed by atoms with van der Waals surface area (Å²) in [6.07, 6.45) is 0. The number of carbonyl (C=O) groups is 1. The Morgan fingerprint density at radius 2 is 1.70 bits per heavy atom. The van der Waals surface area contributed by atoms with E-state index in [1.807, 2.05) is 35.2 Å². The summed E-state index contributed by atoms with van der Waals surface area (Å²) in [7, 11) is 0. The third kappa shape index (κ3) is 5.65. The monoisotopic (exact) mass is 429 g/mol. The number of rotatable bonds is 6. The summed E-state index contributed by atoms with van der Waals surface area (Å²) in [5.74, 6) is 0.770. The first kappa shape index (κ1) is 21.0. The van der Waals surface area contributed by atoms with Crippen LogP contribution in [0.5, 0.6) is 5.75 Å². The lowest BCUT2D eigenvalue weighted by molar-refractivity contribution is -0.135. The van der Waals surface area contributed by atoms with Crippen molar-refractivity contribution in [2.75, 3.05) is 64.0 Å². The molecule has 0 saturated carbocycles. The molecule has 2 aliphatic rings. The van der Waals surface area contributed by atoms with Crippen LogP contribution in [0.3, 0.4) is 0 Å². The number of anilines is 1. The summed E-state index contributed by atoms with van der Waals surface area (Å²) in [5, 5.41) is 0.754. The fraction of sp³-hybridized carbons (Fsp3) is 0.435. The zero-order valence-corrected chi connectivity index (χ0v) is 17.9. The maximum atomic E-state index is 12.6. The highest BCUT2D eigenvalue weighted by Crippen LogP contribution is 2.22. The fourth-order valence-corrected chi connectivity index (χ4v) is 3.96. The number of ether oxygens (including phenoxy) is 2. The molecule has 2 saturated heterocycles. The Morgan fingerprint density at radius 3 is 2.43 bits per heavy atom. The lowest BCUT2D eigenvalue weighted by atomic mass is 10.2. The highest BCUT2D eigenvalue weighted by Gasteiger charge is 2.21. The Labute approximate surface area is 182 Å². The van der Waals surface area contributed by atoms with Gasteiger partial charge in [-0.3, -0.25) is 9.69 Å². The highest BCUT2D eigenvalue weighted by atomic mass is 35.5. The molecule has 2 aromatic rings. The number of amides is 1. The van der Waals surface area contributed by atoms with Crippen molar-refractivity contribution < 1.29 is 14.3 Å². The SMILES string of the molecule is O=C(COc1cccc(N2CCOCC2)c1)N1CCN(Cc2ccc(Cl)cc2)CC1. The average molecular weight is 430 g/mol. The van der Waals surface area contributed by atoms with Gasteiger partial charge in [0.05, 0.1) is 13.2 Å². The van der Waals surface area contributed by atoms with Gasteiger partial charge in [-0.15, -0.1) is 0 Å². The van der Waals surface area contributed by atoms with Gasteiger partial charge < -0.3 is 19.3 Å². The number of piperazine rings is 1. The van der Waals surface area contributed by atoms with Crippen molar-refractivity contribution in [3.05, 3.63) is 59.1 Å². The van der Waals surface area contributed by atoms with Crippen LogP contribution in [0.1, 0.15) is 5.56 Å². The summed E-state index contributed by atoms with van der Waals surface area (Å²) in [5.41, 5.74) is 2.35. The van der Waals surface area contributed by atoms with Crippen molar-refractivity contribution in [1.29, 1.82) is 0 Å². The largest absolute Gasteiger partial charge is 0.484 e. The van der Waals surface area contributed by atoms with Crippen molar-refractivity contribution >= 4 is 23.2 Å². The Balaban J connectivity index is 1.23. The molecular formula is C23H28ClN3O3. The van der Waals surface area contributed by atoms with Gasteiger partial charge in [0.2, 0.25) is 0 Å². The van der Waals surface area contributed by atoms with Crippen molar-refractivity contribution in [3.63, 3.8) is 0 Å². The second kappa shape index (κ2) is 10.2. The van der Waals surface area contributed by atoms with Gasteiger partial charge in [-0.1, -0.05) is 29.8 Å². The van der Waals surface area contributed by atoms with Crippen LogP contribution >= 0.6 is 11.6 Å². The molecule has 160 valence electrons. The number of hydrogen-bond acceptors (Lipinski definition) is 5. The van der Waals surface area contributed by atoms with Crippen LogP contribution in [0, 0.1) is 0 Å². The smallest absolute Gasteiger partial charge is 0.260 e. The molecule has 0 N–H and O–H groups in total. The lowest BCUT2D eigenvalue weighted by Crippen LogP contribution is -2.49. The molecule has 4 rings (SSSR count). The Hall–Kier alpha value is -2.28. The highest BCUT2D eigenvalue weighted by molar-refractivity contribution is 6.30. The Morgan fingerprint density at radius 1 is 0.967 bits per heavy atom. The number of morpholine rings is 1. The maximum Gasteiger partial charge on any atom is 0.260 e. The van der Waals surface area contributed by atoms with Crippen LogP contribution < -0.4 is 9.64 Å². The number of hydrogen-bond donors (Lipinski definition) is 0. The molecule has 2 fully saturated rings. The zero-order valence-electron chi connectivity index (χ0n) is 17.1. The summed E-state index contributed by atoms with van der Waals surface area (Å²) < 4.78 is 11.2. The van der Waals surface area contributed by atoms with E-state index in [9.17, 15) is 4.79 Å². The maximum absolute atomic E-state index is 12.6. The van der Waals surface area contributed by atoms with E-state index < -0.39 is 0 Å². The van der Waals surface area contributed by atoms with E-state index in [0.717, 1.165) is 75.5 Å². The molecule has 0 bridgehead atoms. The van der Waals surface area contributed by atoms with E-state index in [-0.39, 0.29) is 12.5 Å². The second-order valence-corrected chi connectivity index (χ2v) is 8.11. The third-order valence-electron chi connectivity index (χ3n) is 5.60. The van der Waals surface area contributed by atoms with Gasteiger partial charge >= 0.3 is 0 Å². The van der Waals surface area contributed by atoms with Gasteiger partial charge in [0.1, 0.15) is 5.75 Å². The molecule has 0 radical (unpaired) electrons. The molecule has 0 aromatic heterocycles. The van der Waals surface area contributed by atoms with E-state index in [0.29, 0.717) is 0 Å². The molecule has 0 unspecified atom stereocenters. The van der Waals surface area contributed by atoms with Crippen LogP contribution in [0.4, 0.5) is 5.69 Å². The molecule has 2 aliphatic heterocycles. The lowest BCUT2D eigenvalue weighted by Gasteiger charge is -2.34. The van der Waals surface area contributed by atoms with Gasteiger partial charge in [0.15, 0.2) is 6.61 Å². The zero-order chi connectivity index (χ0) is 20.8. The molecule has 0 atom stereocenters. The topological polar surface area (TPSA) is 45.2 Å². The number of halogens is 1. The summed E-state index contributed by atoms with van der Waals surface area (Å²) in [4.78, 5) is 19.1. The molecule has 0 spiro atoms. The standard InChI is InChI=1S/C23H28ClN3O3/c24-20-6-4-19(5-7-20)17-25-8-10-27(11-9-25)23(28)18-30-22-3-1-2-21(16-22)26-12-14-29-15-13-26/h1-7,16H,8-15,17-18H2. The molecule has 2 heterocycles. The van der Waals surface area contributed by atoms with E-state index >= 15 is 0 Å². The molecule has 30 heavy (non-hydrogen) atoms. The molecule has 7 heteroatoms. The van der Waals surface area contributed by atoms with Crippen LogP contribution in [0.2, 0.25) is 5.02 Å². The quantitative estimate of drug-likeness (QED) is 0.706. The van der Waals surface area contributed by atoms with Crippen molar-refractivity contribution in [1.82, 2.24) is 9.80 Å².